The van der Waals surface area contributed by atoms with E-state index in [1.807, 2.05) is 38.2 Å². The number of hydrogen-bond donors (Lipinski definition) is 2. The summed E-state index contributed by atoms with van der Waals surface area (Å²) in [6.45, 7) is 2.14. The molecule has 4 heteroatoms. The van der Waals surface area contributed by atoms with Crippen molar-refractivity contribution >= 4 is 11.8 Å². The van der Waals surface area contributed by atoms with Gasteiger partial charge in [0, 0.05) is 16.2 Å². The summed E-state index contributed by atoms with van der Waals surface area (Å²) in [5.74, 6) is 1.69. The molecule has 0 bridgehead atoms. The van der Waals surface area contributed by atoms with E-state index < -0.39 is 0 Å². The van der Waals surface area contributed by atoms with Gasteiger partial charge in [0.05, 0.1) is 13.7 Å². The fraction of sp³-hybridized carbons (Fsp3) is 0.500. The summed E-state index contributed by atoms with van der Waals surface area (Å²) < 4.78 is 5.10. The lowest BCUT2D eigenvalue weighted by atomic mass is 10.1. The Morgan fingerprint density at radius 1 is 1.38 bits per heavy atom. The van der Waals surface area contributed by atoms with E-state index >= 15 is 0 Å². The van der Waals surface area contributed by atoms with E-state index in [1.165, 1.54) is 4.90 Å². The zero-order chi connectivity index (χ0) is 12.0. The highest BCUT2D eigenvalue weighted by atomic mass is 32.2. The van der Waals surface area contributed by atoms with Crippen molar-refractivity contribution in [2.24, 2.45) is 0 Å². The van der Waals surface area contributed by atoms with E-state index in [0.29, 0.717) is 0 Å². The zero-order valence-corrected chi connectivity index (χ0v) is 10.8. The van der Waals surface area contributed by atoms with Gasteiger partial charge in [0.15, 0.2) is 0 Å². The highest BCUT2D eigenvalue weighted by Crippen LogP contribution is 2.24. The molecule has 1 aromatic rings. The van der Waals surface area contributed by atoms with Gasteiger partial charge in [-0.2, -0.15) is 0 Å². The normalized spacial score (nSPS) is 14.5. The number of thioether (sulfide) groups is 1. The van der Waals surface area contributed by atoms with Crippen LogP contribution < -0.4 is 10.1 Å². The molecule has 0 heterocycles. The average Bonchev–Trinajstić information content (AvgIpc) is 2.36. The maximum atomic E-state index is 9.25. The van der Waals surface area contributed by atoms with Gasteiger partial charge in [0.25, 0.3) is 0 Å². The number of aliphatic hydroxyl groups excluding tert-OH is 1. The first-order chi connectivity index (χ1) is 7.63. The summed E-state index contributed by atoms with van der Waals surface area (Å²) in [5.41, 5.74) is -0.232. The first-order valence-electron chi connectivity index (χ1n) is 5.20. The third-order valence-electron chi connectivity index (χ3n) is 2.57. The van der Waals surface area contributed by atoms with Gasteiger partial charge in [0.1, 0.15) is 5.75 Å². The molecule has 2 N–H and O–H groups in total. The van der Waals surface area contributed by atoms with Crippen molar-refractivity contribution in [3.8, 4) is 5.75 Å². The first kappa shape index (κ1) is 13.4. The topological polar surface area (TPSA) is 41.5 Å². The predicted molar refractivity (Wildman–Crippen MR) is 68.3 cm³/mol. The van der Waals surface area contributed by atoms with Crippen molar-refractivity contribution in [2.75, 3.05) is 26.5 Å². The summed E-state index contributed by atoms with van der Waals surface area (Å²) in [6, 6.07) is 7.93. The monoisotopic (exact) mass is 241 g/mol. The number of nitrogens with one attached hydrogen (secondary N) is 1. The lowest BCUT2D eigenvalue weighted by molar-refractivity contribution is 0.200. The van der Waals surface area contributed by atoms with Crippen LogP contribution in [0, 0.1) is 0 Å². The van der Waals surface area contributed by atoms with Gasteiger partial charge in [-0.05, 0) is 38.2 Å². The maximum Gasteiger partial charge on any atom is 0.118 e. The molecule has 1 aromatic carbocycles. The number of benzene rings is 1. The molecule has 0 aromatic heterocycles. The summed E-state index contributed by atoms with van der Waals surface area (Å²) in [6.07, 6.45) is 0. The molecule has 0 saturated heterocycles. The van der Waals surface area contributed by atoms with E-state index in [9.17, 15) is 5.11 Å². The van der Waals surface area contributed by atoms with Gasteiger partial charge in [0.2, 0.25) is 0 Å². The highest BCUT2D eigenvalue weighted by Gasteiger charge is 2.20. The molecule has 90 valence electrons. The fourth-order valence-corrected chi connectivity index (χ4v) is 2.16. The van der Waals surface area contributed by atoms with Crippen molar-refractivity contribution in [2.45, 2.75) is 17.4 Å². The number of likely N-dealkylation sites (N-methyl/N-ethyl adjacent to an activating group) is 1. The molecule has 1 unspecified atom stereocenters. The maximum absolute atomic E-state index is 9.25. The Bertz CT molecular complexity index is 309. The van der Waals surface area contributed by atoms with Crippen molar-refractivity contribution in [3.05, 3.63) is 24.3 Å². The lowest BCUT2D eigenvalue weighted by Gasteiger charge is -2.26. The minimum absolute atomic E-state index is 0.132. The molecule has 0 aliphatic rings. The Morgan fingerprint density at radius 2 is 2.00 bits per heavy atom. The average molecular weight is 241 g/mol. The Balaban J connectivity index is 2.54. The Morgan fingerprint density at radius 3 is 2.44 bits per heavy atom. The van der Waals surface area contributed by atoms with Crippen molar-refractivity contribution in [1.29, 1.82) is 0 Å². The summed E-state index contributed by atoms with van der Waals surface area (Å²) in [7, 11) is 3.52. The smallest absolute Gasteiger partial charge is 0.118 e. The van der Waals surface area contributed by atoms with Gasteiger partial charge >= 0.3 is 0 Å². The minimum Gasteiger partial charge on any atom is -0.497 e. The standard InChI is InChI=1S/C12H19NO2S/c1-12(8-14,13-2)9-16-11-6-4-10(15-3)5-7-11/h4-7,13-14H,8-9H2,1-3H3. The van der Waals surface area contributed by atoms with E-state index in [1.54, 1.807) is 18.9 Å². The summed E-state index contributed by atoms with van der Waals surface area (Å²) >= 11 is 1.72. The Labute approximate surface area is 101 Å². The van der Waals surface area contributed by atoms with E-state index in [4.69, 9.17) is 4.74 Å². The number of hydrogen-bond acceptors (Lipinski definition) is 4. The number of aliphatic hydroxyl groups is 1. The second-order valence-corrected chi connectivity index (χ2v) is 4.98. The SMILES string of the molecule is CNC(C)(CO)CSc1ccc(OC)cc1. The number of ether oxygens (including phenoxy) is 1. The predicted octanol–water partition coefficient (Wildman–Crippen LogP) is 1.76. The molecule has 0 fully saturated rings. The highest BCUT2D eigenvalue weighted by molar-refractivity contribution is 7.99. The Hall–Kier alpha value is -0.710. The van der Waals surface area contributed by atoms with Crippen molar-refractivity contribution in [1.82, 2.24) is 5.32 Å². The first-order valence-corrected chi connectivity index (χ1v) is 6.19. The van der Waals surface area contributed by atoms with Crippen LogP contribution in [0.15, 0.2) is 29.2 Å². The summed E-state index contributed by atoms with van der Waals surface area (Å²) in [4.78, 5) is 1.18. The molecule has 0 amide bonds. The van der Waals surface area contributed by atoms with Crippen LogP contribution in [0.25, 0.3) is 0 Å². The Kier molecular flexibility index (Phi) is 5.12. The quantitative estimate of drug-likeness (QED) is 0.745. The third-order valence-corrected chi connectivity index (χ3v) is 3.96. The van der Waals surface area contributed by atoms with Gasteiger partial charge in [-0.25, -0.2) is 0 Å². The van der Waals surface area contributed by atoms with Crippen LogP contribution in [0.4, 0.5) is 0 Å². The second kappa shape index (κ2) is 6.13. The number of methoxy groups -OCH3 is 1. The minimum atomic E-state index is -0.232. The van der Waals surface area contributed by atoms with E-state index in [-0.39, 0.29) is 12.1 Å². The fourth-order valence-electron chi connectivity index (χ4n) is 1.11. The lowest BCUT2D eigenvalue weighted by Crippen LogP contribution is -2.45. The van der Waals surface area contributed by atoms with Gasteiger partial charge < -0.3 is 15.2 Å². The van der Waals surface area contributed by atoms with Crippen LogP contribution in [0.1, 0.15) is 6.92 Å². The molecule has 0 aliphatic heterocycles. The van der Waals surface area contributed by atoms with Crippen LogP contribution in [-0.4, -0.2) is 37.2 Å². The van der Waals surface area contributed by atoms with Crippen LogP contribution >= 0.6 is 11.8 Å². The molecule has 0 spiro atoms. The van der Waals surface area contributed by atoms with Crippen LogP contribution in [-0.2, 0) is 0 Å². The third kappa shape index (κ3) is 3.70. The molecule has 1 rings (SSSR count). The van der Waals surface area contributed by atoms with Gasteiger partial charge in [-0.3, -0.25) is 0 Å². The summed E-state index contributed by atoms with van der Waals surface area (Å²) in [5, 5.41) is 12.4. The van der Waals surface area contributed by atoms with E-state index in [2.05, 4.69) is 5.32 Å². The van der Waals surface area contributed by atoms with Crippen LogP contribution in [0.3, 0.4) is 0 Å². The largest absolute Gasteiger partial charge is 0.497 e. The van der Waals surface area contributed by atoms with Gasteiger partial charge in [-0.15, -0.1) is 11.8 Å². The zero-order valence-electron chi connectivity index (χ0n) is 9.99. The van der Waals surface area contributed by atoms with Gasteiger partial charge in [-0.1, -0.05) is 0 Å². The molecular formula is C12H19NO2S. The van der Waals surface area contributed by atoms with Crippen LogP contribution in [0.5, 0.6) is 5.75 Å². The van der Waals surface area contributed by atoms with Crippen molar-refractivity contribution < 1.29 is 9.84 Å². The van der Waals surface area contributed by atoms with Crippen molar-refractivity contribution in [3.63, 3.8) is 0 Å². The van der Waals surface area contributed by atoms with Crippen LogP contribution in [0.2, 0.25) is 0 Å². The molecule has 0 radical (unpaired) electrons. The second-order valence-electron chi connectivity index (χ2n) is 3.93. The molecule has 1 atom stereocenters. The number of rotatable bonds is 6. The molecule has 16 heavy (non-hydrogen) atoms. The molecule has 0 aliphatic carbocycles. The molecule has 0 saturated carbocycles. The van der Waals surface area contributed by atoms with E-state index in [0.717, 1.165) is 11.5 Å². The molecule has 3 nitrogen and oxygen atoms in total. The molecular weight excluding hydrogens is 222 g/mol.